The topological polar surface area (TPSA) is 81.7 Å². The Morgan fingerprint density at radius 2 is 1.72 bits per heavy atom. The van der Waals surface area contributed by atoms with Gasteiger partial charge in [0, 0.05) is 18.4 Å². The SMILES string of the molecule is COc1ccc(CNC(=O)c2cc(S(C)(=O)=O)ccc2C)cc1OC. The van der Waals surface area contributed by atoms with Crippen LogP contribution >= 0.6 is 0 Å². The molecule has 0 aliphatic rings. The smallest absolute Gasteiger partial charge is 0.251 e. The fourth-order valence-corrected chi connectivity index (χ4v) is 2.99. The molecule has 0 spiro atoms. The van der Waals surface area contributed by atoms with Crippen LogP contribution in [0.25, 0.3) is 0 Å². The van der Waals surface area contributed by atoms with E-state index in [4.69, 9.17) is 9.47 Å². The van der Waals surface area contributed by atoms with Gasteiger partial charge in [-0.1, -0.05) is 12.1 Å². The molecule has 2 aromatic rings. The molecule has 0 aromatic heterocycles. The molecule has 134 valence electrons. The molecule has 0 heterocycles. The Morgan fingerprint density at radius 3 is 2.32 bits per heavy atom. The van der Waals surface area contributed by atoms with Crippen molar-refractivity contribution in [2.75, 3.05) is 20.5 Å². The number of amides is 1. The molecule has 0 radical (unpaired) electrons. The summed E-state index contributed by atoms with van der Waals surface area (Å²) >= 11 is 0. The van der Waals surface area contributed by atoms with E-state index in [2.05, 4.69) is 5.32 Å². The van der Waals surface area contributed by atoms with Gasteiger partial charge >= 0.3 is 0 Å². The fraction of sp³-hybridized carbons (Fsp3) is 0.278. The number of nitrogens with one attached hydrogen (secondary N) is 1. The maximum atomic E-state index is 12.4. The van der Waals surface area contributed by atoms with E-state index in [1.807, 2.05) is 6.07 Å². The summed E-state index contributed by atoms with van der Waals surface area (Å²) in [6.07, 6.45) is 1.11. The molecule has 1 N–H and O–H groups in total. The van der Waals surface area contributed by atoms with Crippen LogP contribution in [0.1, 0.15) is 21.5 Å². The lowest BCUT2D eigenvalue weighted by molar-refractivity contribution is 0.0950. The van der Waals surface area contributed by atoms with Gasteiger partial charge in [-0.2, -0.15) is 0 Å². The van der Waals surface area contributed by atoms with Crippen molar-refractivity contribution < 1.29 is 22.7 Å². The van der Waals surface area contributed by atoms with Gasteiger partial charge < -0.3 is 14.8 Å². The normalized spacial score (nSPS) is 11.0. The molecule has 1 amide bonds. The highest BCUT2D eigenvalue weighted by molar-refractivity contribution is 7.90. The second-order valence-electron chi connectivity index (χ2n) is 5.62. The van der Waals surface area contributed by atoms with Crippen molar-refractivity contribution in [2.24, 2.45) is 0 Å². The molecular formula is C18H21NO5S. The number of hydrogen-bond acceptors (Lipinski definition) is 5. The molecule has 0 fully saturated rings. The molecule has 0 aliphatic carbocycles. The molecule has 6 nitrogen and oxygen atoms in total. The van der Waals surface area contributed by atoms with Crippen molar-refractivity contribution in [1.29, 1.82) is 0 Å². The van der Waals surface area contributed by atoms with Crippen molar-refractivity contribution in [3.8, 4) is 11.5 Å². The summed E-state index contributed by atoms with van der Waals surface area (Å²) in [7, 11) is -0.275. The summed E-state index contributed by atoms with van der Waals surface area (Å²) in [6.45, 7) is 2.04. The summed E-state index contributed by atoms with van der Waals surface area (Å²) in [5.74, 6) is 0.844. The quantitative estimate of drug-likeness (QED) is 0.852. The predicted molar refractivity (Wildman–Crippen MR) is 95.0 cm³/mol. The van der Waals surface area contributed by atoms with Gasteiger partial charge in [-0.15, -0.1) is 0 Å². The molecule has 0 unspecified atom stereocenters. The van der Waals surface area contributed by atoms with Gasteiger partial charge in [-0.3, -0.25) is 4.79 Å². The van der Waals surface area contributed by atoms with Crippen LogP contribution in [0.2, 0.25) is 0 Å². The van der Waals surface area contributed by atoms with E-state index < -0.39 is 9.84 Å². The van der Waals surface area contributed by atoms with Crippen LogP contribution in [-0.4, -0.2) is 34.8 Å². The van der Waals surface area contributed by atoms with Gasteiger partial charge in [0.1, 0.15) is 0 Å². The Labute approximate surface area is 147 Å². The third-order valence-corrected chi connectivity index (χ3v) is 4.89. The minimum atomic E-state index is -3.37. The second-order valence-corrected chi connectivity index (χ2v) is 7.64. The van der Waals surface area contributed by atoms with Crippen molar-refractivity contribution in [3.63, 3.8) is 0 Å². The van der Waals surface area contributed by atoms with E-state index in [1.165, 1.54) is 12.1 Å². The first-order valence-electron chi connectivity index (χ1n) is 7.56. The van der Waals surface area contributed by atoms with Crippen molar-refractivity contribution in [1.82, 2.24) is 5.32 Å². The zero-order valence-corrected chi connectivity index (χ0v) is 15.4. The second kappa shape index (κ2) is 7.57. The monoisotopic (exact) mass is 363 g/mol. The molecule has 0 saturated carbocycles. The minimum Gasteiger partial charge on any atom is -0.493 e. The predicted octanol–water partition coefficient (Wildman–Crippen LogP) is 2.35. The Kier molecular flexibility index (Phi) is 5.69. The van der Waals surface area contributed by atoms with Gasteiger partial charge in [0.05, 0.1) is 19.1 Å². The van der Waals surface area contributed by atoms with Crippen LogP contribution in [-0.2, 0) is 16.4 Å². The van der Waals surface area contributed by atoms with Gasteiger partial charge in [0.15, 0.2) is 21.3 Å². The van der Waals surface area contributed by atoms with E-state index in [9.17, 15) is 13.2 Å². The maximum Gasteiger partial charge on any atom is 0.251 e. The van der Waals surface area contributed by atoms with Gasteiger partial charge in [0.25, 0.3) is 5.91 Å². The molecule has 7 heteroatoms. The summed E-state index contributed by atoms with van der Waals surface area (Å²) in [5, 5.41) is 2.79. The summed E-state index contributed by atoms with van der Waals surface area (Å²) in [6, 6.07) is 9.88. The molecule has 0 bridgehead atoms. The first kappa shape index (κ1) is 18.8. The fourth-order valence-electron chi connectivity index (χ4n) is 2.34. The summed E-state index contributed by atoms with van der Waals surface area (Å²) in [5.41, 5.74) is 1.88. The van der Waals surface area contributed by atoms with E-state index in [-0.39, 0.29) is 17.3 Å². The number of ether oxygens (including phenoxy) is 2. The number of hydrogen-bond donors (Lipinski definition) is 1. The molecular weight excluding hydrogens is 342 g/mol. The summed E-state index contributed by atoms with van der Waals surface area (Å²) in [4.78, 5) is 12.6. The zero-order chi connectivity index (χ0) is 18.6. The number of benzene rings is 2. The number of aryl methyl sites for hydroxylation is 1. The third-order valence-electron chi connectivity index (χ3n) is 3.78. The lowest BCUT2D eigenvalue weighted by Crippen LogP contribution is -2.24. The number of sulfone groups is 1. The lowest BCUT2D eigenvalue weighted by Gasteiger charge is -2.12. The van der Waals surface area contributed by atoms with E-state index in [0.717, 1.165) is 11.8 Å². The van der Waals surface area contributed by atoms with Crippen LogP contribution < -0.4 is 14.8 Å². The van der Waals surface area contributed by atoms with E-state index in [1.54, 1.807) is 39.3 Å². The number of carbonyl (C=O) groups excluding carboxylic acids is 1. The molecule has 2 aromatic carbocycles. The van der Waals surface area contributed by atoms with Gasteiger partial charge in [-0.25, -0.2) is 8.42 Å². The summed E-state index contributed by atoms with van der Waals surface area (Å²) < 4.78 is 33.8. The highest BCUT2D eigenvalue weighted by Crippen LogP contribution is 2.27. The minimum absolute atomic E-state index is 0.120. The van der Waals surface area contributed by atoms with Crippen LogP contribution in [0.4, 0.5) is 0 Å². The number of carbonyl (C=O) groups is 1. The molecule has 0 saturated heterocycles. The molecule has 25 heavy (non-hydrogen) atoms. The first-order chi connectivity index (χ1) is 11.8. The molecule has 0 atom stereocenters. The maximum absolute atomic E-state index is 12.4. The molecule has 0 aliphatic heterocycles. The van der Waals surface area contributed by atoms with Gasteiger partial charge in [-0.05, 0) is 42.3 Å². The Hall–Kier alpha value is -2.54. The average molecular weight is 363 g/mol. The standard InChI is InChI=1S/C18H21NO5S/c1-12-5-7-14(25(4,21)22)10-15(12)18(20)19-11-13-6-8-16(23-2)17(9-13)24-3/h5-10H,11H2,1-4H3,(H,19,20). The van der Waals surface area contributed by atoms with Crippen LogP contribution in [0, 0.1) is 6.92 Å². The lowest BCUT2D eigenvalue weighted by atomic mass is 10.1. The average Bonchev–Trinajstić information content (AvgIpc) is 2.58. The Bertz CT molecular complexity index is 890. The Morgan fingerprint density at radius 1 is 1.04 bits per heavy atom. The largest absolute Gasteiger partial charge is 0.493 e. The van der Waals surface area contributed by atoms with E-state index >= 15 is 0 Å². The third kappa shape index (κ3) is 4.51. The van der Waals surface area contributed by atoms with Crippen LogP contribution in [0.3, 0.4) is 0 Å². The van der Waals surface area contributed by atoms with Crippen molar-refractivity contribution >= 4 is 15.7 Å². The number of rotatable bonds is 6. The zero-order valence-electron chi connectivity index (χ0n) is 14.6. The highest BCUT2D eigenvalue weighted by Gasteiger charge is 2.14. The number of methoxy groups -OCH3 is 2. The van der Waals surface area contributed by atoms with Gasteiger partial charge in [0.2, 0.25) is 0 Å². The van der Waals surface area contributed by atoms with E-state index in [0.29, 0.717) is 22.6 Å². The van der Waals surface area contributed by atoms with Crippen LogP contribution in [0.5, 0.6) is 11.5 Å². The van der Waals surface area contributed by atoms with Crippen molar-refractivity contribution in [2.45, 2.75) is 18.4 Å². The van der Waals surface area contributed by atoms with Crippen molar-refractivity contribution in [3.05, 3.63) is 53.1 Å². The first-order valence-corrected chi connectivity index (χ1v) is 9.45. The Balaban J connectivity index is 2.18. The van der Waals surface area contributed by atoms with Crippen LogP contribution in [0.15, 0.2) is 41.3 Å². The highest BCUT2D eigenvalue weighted by atomic mass is 32.2. The molecule has 2 rings (SSSR count).